The minimum atomic E-state index is -0.269. The number of amides is 3. The number of anilines is 1. The van der Waals surface area contributed by atoms with Gasteiger partial charge in [-0.25, -0.2) is 4.98 Å². The fourth-order valence-electron chi connectivity index (χ4n) is 3.87. The van der Waals surface area contributed by atoms with Crippen molar-refractivity contribution in [1.82, 2.24) is 14.9 Å². The maximum atomic E-state index is 12.4. The molecule has 1 saturated heterocycles. The van der Waals surface area contributed by atoms with E-state index < -0.39 is 0 Å². The lowest BCUT2D eigenvalue weighted by Crippen LogP contribution is -2.34. The zero-order valence-corrected chi connectivity index (χ0v) is 13.8. The lowest BCUT2D eigenvalue weighted by atomic mass is 9.81. The highest BCUT2D eigenvalue weighted by Crippen LogP contribution is 2.37. The Balaban J connectivity index is 1.37. The van der Waals surface area contributed by atoms with Crippen molar-refractivity contribution in [2.75, 3.05) is 11.9 Å². The number of para-hydroxylation sites is 2. The minimum Gasteiger partial charge on any atom is -0.324 e. The highest BCUT2D eigenvalue weighted by atomic mass is 16.2. The highest BCUT2D eigenvalue weighted by Gasteiger charge is 2.47. The van der Waals surface area contributed by atoms with Crippen molar-refractivity contribution < 1.29 is 14.4 Å². The van der Waals surface area contributed by atoms with E-state index in [1.165, 1.54) is 4.90 Å². The van der Waals surface area contributed by atoms with Gasteiger partial charge in [-0.1, -0.05) is 25.0 Å². The number of aromatic nitrogens is 2. The molecule has 7 nitrogen and oxygen atoms in total. The molecule has 1 aliphatic heterocycles. The number of carbonyl (C=O) groups excluding carboxylic acids is 3. The van der Waals surface area contributed by atoms with E-state index in [2.05, 4.69) is 15.3 Å². The van der Waals surface area contributed by atoms with Crippen molar-refractivity contribution >= 4 is 34.7 Å². The molecule has 2 fully saturated rings. The normalized spacial score (nSPS) is 23.1. The molecule has 3 amide bonds. The summed E-state index contributed by atoms with van der Waals surface area (Å²) in [7, 11) is 0. The predicted molar refractivity (Wildman–Crippen MR) is 91.5 cm³/mol. The lowest BCUT2D eigenvalue weighted by Gasteiger charge is -2.19. The summed E-state index contributed by atoms with van der Waals surface area (Å²) in [4.78, 5) is 45.5. The first kappa shape index (κ1) is 15.8. The molecule has 2 heterocycles. The molecule has 2 aromatic rings. The average molecular weight is 340 g/mol. The molecule has 1 saturated carbocycles. The van der Waals surface area contributed by atoms with Gasteiger partial charge < -0.3 is 4.98 Å². The van der Waals surface area contributed by atoms with Gasteiger partial charge in [0.1, 0.15) is 0 Å². The average Bonchev–Trinajstić information content (AvgIpc) is 3.13. The van der Waals surface area contributed by atoms with Gasteiger partial charge in [-0.15, -0.1) is 0 Å². The topological polar surface area (TPSA) is 95.2 Å². The largest absolute Gasteiger partial charge is 0.324 e. The molecular weight excluding hydrogens is 320 g/mol. The lowest BCUT2D eigenvalue weighted by molar-refractivity contribution is -0.140. The Labute approximate surface area is 144 Å². The Morgan fingerprint density at radius 2 is 1.84 bits per heavy atom. The number of benzene rings is 1. The van der Waals surface area contributed by atoms with Crippen molar-refractivity contribution in [3.05, 3.63) is 24.3 Å². The summed E-state index contributed by atoms with van der Waals surface area (Å²) in [5, 5.41) is 2.69. The van der Waals surface area contributed by atoms with Crippen LogP contribution in [-0.4, -0.2) is 39.1 Å². The second-order valence-electron chi connectivity index (χ2n) is 6.73. The number of likely N-dealkylation sites (tertiary alicyclic amines) is 1. The molecule has 0 bridgehead atoms. The maximum Gasteiger partial charge on any atom is 0.233 e. The van der Waals surface area contributed by atoms with E-state index in [0.29, 0.717) is 5.95 Å². The maximum absolute atomic E-state index is 12.4. The first-order chi connectivity index (χ1) is 12.1. The number of imide groups is 1. The predicted octanol–water partition coefficient (Wildman–Crippen LogP) is 2.07. The third kappa shape index (κ3) is 2.90. The zero-order valence-electron chi connectivity index (χ0n) is 13.8. The molecule has 1 aliphatic carbocycles. The molecular formula is C18H20N4O3. The Morgan fingerprint density at radius 3 is 2.52 bits per heavy atom. The summed E-state index contributed by atoms with van der Waals surface area (Å²) >= 11 is 0. The quantitative estimate of drug-likeness (QED) is 0.833. The SMILES string of the molecule is O=C(CCN1C(=O)[C@@H]2CCCC[C@H]2C1=O)Nc1nc2ccccc2[nH]1. The number of nitrogens with one attached hydrogen (secondary N) is 2. The van der Waals surface area contributed by atoms with E-state index in [0.717, 1.165) is 36.7 Å². The molecule has 0 spiro atoms. The zero-order chi connectivity index (χ0) is 17.4. The molecule has 4 rings (SSSR count). The van der Waals surface area contributed by atoms with Gasteiger partial charge in [0.05, 0.1) is 22.9 Å². The molecule has 0 unspecified atom stereocenters. The monoisotopic (exact) mass is 340 g/mol. The number of fused-ring (bicyclic) bond motifs is 2. The van der Waals surface area contributed by atoms with Gasteiger partial charge in [0.25, 0.3) is 0 Å². The van der Waals surface area contributed by atoms with Crippen LogP contribution in [0, 0.1) is 11.8 Å². The fraction of sp³-hybridized carbons (Fsp3) is 0.444. The number of rotatable bonds is 4. The molecule has 1 aromatic carbocycles. The summed E-state index contributed by atoms with van der Waals surface area (Å²) in [5.74, 6) is -0.440. The number of aromatic amines is 1. The van der Waals surface area contributed by atoms with Crippen molar-refractivity contribution in [2.45, 2.75) is 32.1 Å². The summed E-state index contributed by atoms with van der Waals surface area (Å²) < 4.78 is 0. The van der Waals surface area contributed by atoms with Crippen molar-refractivity contribution in [2.24, 2.45) is 11.8 Å². The highest BCUT2D eigenvalue weighted by molar-refractivity contribution is 6.05. The molecule has 25 heavy (non-hydrogen) atoms. The van der Waals surface area contributed by atoms with Crippen molar-refractivity contribution in [3.8, 4) is 0 Å². The van der Waals surface area contributed by atoms with Gasteiger partial charge in [0.15, 0.2) is 0 Å². The van der Waals surface area contributed by atoms with Crippen molar-refractivity contribution in [1.29, 1.82) is 0 Å². The van der Waals surface area contributed by atoms with E-state index in [1.807, 2.05) is 24.3 Å². The number of imidazole rings is 1. The van der Waals surface area contributed by atoms with Crippen LogP contribution in [0.15, 0.2) is 24.3 Å². The number of hydrogen-bond acceptors (Lipinski definition) is 4. The third-order valence-electron chi connectivity index (χ3n) is 5.14. The summed E-state index contributed by atoms with van der Waals surface area (Å²) in [6.07, 6.45) is 3.66. The molecule has 2 atom stereocenters. The van der Waals surface area contributed by atoms with E-state index in [-0.39, 0.29) is 42.5 Å². The van der Waals surface area contributed by atoms with E-state index in [9.17, 15) is 14.4 Å². The van der Waals surface area contributed by atoms with Crippen LogP contribution in [0.1, 0.15) is 32.1 Å². The van der Waals surface area contributed by atoms with Gasteiger partial charge in [-0.3, -0.25) is 24.6 Å². The second-order valence-corrected chi connectivity index (χ2v) is 6.73. The van der Waals surface area contributed by atoms with Crippen LogP contribution in [0.4, 0.5) is 5.95 Å². The molecule has 2 N–H and O–H groups in total. The Kier molecular flexibility index (Phi) is 3.99. The smallest absolute Gasteiger partial charge is 0.233 e. The van der Waals surface area contributed by atoms with Crippen LogP contribution in [0.3, 0.4) is 0 Å². The first-order valence-electron chi connectivity index (χ1n) is 8.73. The summed E-state index contributed by atoms with van der Waals surface area (Å²) in [6, 6.07) is 7.49. The Morgan fingerprint density at radius 1 is 1.16 bits per heavy atom. The third-order valence-corrected chi connectivity index (χ3v) is 5.14. The molecule has 2 aliphatic rings. The Hall–Kier alpha value is -2.70. The van der Waals surface area contributed by atoms with Crippen LogP contribution in [0.25, 0.3) is 11.0 Å². The number of hydrogen-bond donors (Lipinski definition) is 2. The van der Waals surface area contributed by atoms with Crippen LogP contribution in [0.5, 0.6) is 0 Å². The van der Waals surface area contributed by atoms with Crippen LogP contribution < -0.4 is 5.32 Å². The molecule has 130 valence electrons. The van der Waals surface area contributed by atoms with Gasteiger partial charge in [-0.05, 0) is 25.0 Å². The first-order valence-corrected chi connectivity index (χ1v) is 8.73. The summed E-state index contributed by atoms with van der Waals surface area (Å²) in [6.45, 7) is 0.136. The Bertz CT molecular complexity index is 787. The number of nitrogens with zero attached hydrogens (tertiary/aromatic N) is 2. The standard InChI is InChI=1S/C18H20N4O3/c23-15(21-18-19-13-7-3-4-8-14(13)20-18)9-10-22-16(24)11-5-1-2-6-12(11)17(22)25/h3-4,7-8,11-12H,1-2,5-6,9-10H2,(H2,19,20,21,23)/t11-,12-/m1/s1. The molecule has 1 aromatic heterocycles. The van der Waals surface area contributed by atoms with E-state index >= 15 is 0 Å². The van der Waals surface area contributed by atoms with Crippen LogP contribution in [0.2, 0.25) is 0 Å². The second kappa shape index (κ2) is 6.31. The van der Waals surface area contributed by atoms with Crippen molar-refractivity contribution in [3.63, 3.8) is 0 Å². The summed E-state index contributed by atoms with van der Waals surface area (Å²) in [5.41, 5.74) is 1.61. The van der Waals surface area contributed by atoms with Crippen LogP contribution in [-0.2, 0) is 14.4 Å². The number of H-pyrrole nitrogens is 1. The van der Waals surface area contributed by atoms with Gasteiger partial charge in [0.2, 0.25) is 23.7 Å². The van der Waals surface area contributed by atoms with E-state index in [4.69, 9.17) is 0 Å². The van der Waals surface area contributed by atoms with E-state index in [1.54, 1.807) is 0 Å². The van der Waals surface area contributed by atoms with Gasteiger partial charge in [-0.2, -0.15) is 0 Å². The number of carbonyl (C=O) groups is 3. The van der Waals surface area contributed by atoms with Crippen LogP contribution >= 0.6 is 0 Å². The molecule has 7 heteroatoms. The fourth-order valence-corrected chi connectivity index (χ4v) is 3.87. The molecule has 0 radical (unpaired) electrons. The minimum absolute atomic E-state index is 0.0773. The van der Waals surface area contributed by atoms with Gasteiger partial charge in [0, 0.05) is 13.0 Å². The van der Waals surface area contributed by atoms with Gasteiger partial charge >= 0.3 is 0 Å².